The van der Waals surface area contributed by atoms with Gasteiger partial charge in [0.25, 0.3) is 0 Å². The van der Waals surface area contributed by atoms with Crippen LogP contribution < -0.4 is 5.32 Å². The summed E-state index contributed by atoms with van der Waals surface area (Å²) in [6, 6.07) is 0. The largest absolute Gasteiger partial charge is 0.377 e. The summed E-state index contributed by atoms with van der Waals surface area (Å²) in [6.07, 6.45) is 3.99. The predicted octanol–water partition coefficient (Wildman–Crippen LogP) is 2.13. The fraction of sp³-hybridized carbons (Fsp3) is 0.636. The van der Waals surface area contributed by atoms with Crippen LogP contribution in [0.2, 0.25) is 0 Å². The predicted molar refractivity (Wildman–Crippen MR) is 57.9 cm³/mol. The van der Waals surface area contributed by atoms with Crippen LogP contribution in [0.1, 0.15) is 19.8 Å². The second-order valence-electron chi connectivity index (χ2n) is 3.01. The van der Waals surface area contributed by atoms with Gasteiger partial charge in [-0.3, -0.25) is 0 Å². The zero-order valence-corrected chi connectivity index (χ0v) is 8.64. The Morgan fingerprint density at radius 1 is 1.54 bits per heavy atom. The van der Waals surface area contributed by atoms with Gasteiger partial charge < -0.3 is 10.1 Å². The van der Waals surface area contributed by atoms with Gasteiger partial charge in [-0.25, -0.2) is 0 Å². The van der Waals surface area contributed by atoms with Crippen molar-refractivity contribution in [2.45, 2.75) is 19.8 Å². The number of hydrogen-bond donors (Lipinski definition) is 1. The summed E-state index contributed by atoms with van der Waals surface area (Å²) < 4.78 is 5.41. The SMILES string of the molecule is C=CCCCOCC(=C)CNCC. The van der Waals surface area contributed by atoms with E-state index in [-0.39, 0.29) is 0 Å². The summed E-state index contributed by atoms with van der Waals surface area (Å²) in [4.78, 5) is 0. The van der Waals surface area contributed by atoms with Gasteiger partial charge in [-0.15, -0.1) is 6.58 Å². The molecule has 0 atom stereocenters. The molecule has 2 nitrogen and oxygen atoms in total. The molecule has 2 heteroatoms. The molecule has 0 aromatic heterocycles. The van der Waals surface area contributed by atoms with Crippen LogP contribution in [-0.2, 0) is 4.74 Å². The second-order valence-corrected chi connectivity index (χ2v) is 3.01. The van der Waals surface area contributed by atoms with Crippen molar-refractivity contribution in [3.05, 3.63) is 24.8 Å². The highest BCUT2D eigenvalue weighted by Gasteiger charge is 1.93. The molecule has 0 unspecified atom stereocenters. The highest BCUT2D eigenvalue weighted by Crippen LogP contribution is 1.94. The van der Waals surface area contributed by atoms with E-state index in [9.17, 15) is 0 Å². The van der Waals surface area contributed by atoms with Gasteiger partial charge in [-0.1, -0.05) is 19.6 Å². The molecule has 13 heavy (non-hydrogen) atoms. The number of nitrogens with one attached hydrogen (secondary N) is 1. The molecule has 0 bridgehead atoms. The molecule has 0 heterocycles. The molecule has 0 amide bonds. The highest BCUT2D eigenvalue weighted by atomic mass is 16.5. The second kappa shape index (κ2) is 9.49. The lowest BCUT2D eigenvalue weighted by Crippen LogP contribution is -2.18. The third kappa shape index (κ3) is 9.31. The lowest BCUT2D eigenvalue weighted by Gasteiger charge is -2.06. The van der Waals surface area contributed by atoms with Crippen molar-refractivity contribution >= 4 is 0 Å². The van der Waals surface area contributed by atoms with Crippen LogP contribution in [0.5, 0.6) is 0 Å². The van der Waals surface area contributed by atoms with Crippen LogP contribution in [0.4, 0.5) is 0 Å². The van der Waals surface area contributed by atoms with Crippen molar-refractivity contribution < 1.29 is 4.74 Å². The fourth-order valence-electron chi connectivity index (χ4n) is 0.899. The molecule has 1 N–H and O–H groups in total. The molecule has 76 valence electrons. The van der Waals surface area contributed by atoms with Gasteiger partial charge in [0.1, 0.15) is 0 Å². The van der Waals surface area contributed by atoms with E-state index in [4.69, 9.17) is 4.74 Å². The minimum absolute atomic E-state index is 0.671. The van der Waals surface area contributed by atoms with Crippen LogP contribution in [0.25, 0.3) is 0 Å². The Kier molecular flexibility index (Phi) is 9.05. The Balaban J connectivity index is 3.12. The third-order valence-electron chi connectivity index (χ3n) is 1.63. The molecule has 0 saturated carbocycles. The molecule has 0 spiro atoms. The van der Waals surface area contributed by atoms with Crippen LogP contribution in [0, 0.1) is 0 Å². The average molecular weight is 183 g/mol. The summed E-state index contributed by atoms with van der Waals surface area (Å²) in [5.74, 6) is 0. The van der Waals surface area contributed by atoms with Crippen molar-refractivity contribution in [1.82, 2.24) is 5.32 Å². The van der Waals surface area contributed by atoms with Crippen LogP contribution in [0.15, 0.2) is 24.8 Å². The number of ether oxygens (including phenoxy) is 1. The van der Waals surface area contributed by atoms with Crippen LogP contribution in [0.3, 0.4) is 0 Å². The summed E-state index contributed by atoms with van der Waals surface area (Å²) in [7, 11) is 0. The Morgan fingerprint density at radius 3 is 2.92 bits per heavy atom. The standard InChI is InChI=1S/C11H21NO/c1-4-6-7-8-13-10-11(3)9-12-5-2/h4,12H,1,3,5-10H2,2H3. The number of hydrogen-bond acceptors (Lipinski definition) is 2. The number of likely N-dealkylation sites (N-methyl/N-ethyl adjacent to an activating group) is 1. The van der Waals surface area contributed by atoms with Gasteiger partial charge in [-0.2, -0.15) is 0 Å². The van der Waals surface area contributed by atoms with Crippen molar-refractivity contribution in [2.24, 2.45) is 0 Å². The quantitative estimate of drug-likeness (QED) is 0.437. The lowest BCUT2D eigenvalue weighted by atomic mass is 10.3. The maximum Gasteiger partial charge on any atom is 0.0686 e. The summed E-state index contributed by atoms with van der Waals surface area (Å²) in [5, 5.41) is 3.20. The first kappa shape index (κ1) is 12.4. The topological polar surface area (TPSA) is 21.3 Å². The van der Waals surface area contributed by atoms with Gasteiger partial charge in [0.2, 0.25) is 0 Å². The molecule has 0 aliphatic carbocycles. The summed E-state index contributed by atoms with van der Waals surface area (Å²) >= 11 is 0. The molecular weight excluding hydrogens is 162 g/mol. The van der Waals surface area contributed by atoms with E-state index in [0.29, 0.717) is 6.61 Å². The minimum atomic E-state index is 0.671. The monoisotopic (exact) mass is 183 g/mol. The Bertz CT molecular complexity index is 143. The van der Waals surface area contributed by atoms with Crippen LogP contribution in [-0.4, -0.2) is 26.3 Å². The highest BCUT2D eigenvalue weighted by molar-refractivity contribution is 4.96. The zero-order valence-electron chi connectivity index (χ0n) is 8.64. The smallest absolute Gasteiger partial charge is 0.0686 e. The molecule has 0 radical (unpaired) electrons. The number of rotatable bonds is 9. The van der Waals surface area contributed by atoms with Gasteiger partial charge in [-0.05, 0) is 25.0 Å². The summed E-state index contributed by atoms with van der Waals surface area (Å²) in [6.45, 7) is 12.9. The van der Waals surface area contributed by atoms with Crippen molar-refractivity contribution in [3.63, 3.8) is 0 Å². The van der Waals surface area contributed by atoms with E-state index >= 15 is 0 Å². The number of allylic oxidation sites excluding steroid dienone is 1. The number of unbranched alkanes of at least 4 members (excludes halogenated alkanes) is 1. The van der Waals surface area contributed by atoms with Gasteiger partial charge in [0.05, 0.1) is 6.61 Å². The van der Waals surface area contributed by atoms with E-state index in [1.165, 1.54) is 0 Å². The van der Waals surface area contributed by atoms with Crippen LogP contribution >= 0.6 is 0 Å². The van der Waals surface area contributed by atoms with Gasteiger partial charge >= 0.3 is 0 Å². The summed E-state index contributed by atoms with van der Waals surface area (Å²) in [5.41, 5.74) is 1.11. The van der Waals surface area contributed by atoms with E-state index in [2.05, 4.69) is 25.4 Å². The molecule has 0 aliphatic heterocycles. The van der Waals surface area contributed by atoms with E-state index in [1.54, 1.807) is 0 Å². The van der Waals surface area contributed by atoms with E-state index < -0.39 is 0 Å². The zero-order chi connectivity index (χ0) is 9.94. The normalized spacial score (nSPS) is 9.92. The first-order valence-electron chi connectivity index (χ1n) is 4.87. The molecule has 0 rings (SSSR count). The average Bonchev–Trinajstić information content (AvgIpc) is 2.14. The minimum Gasteiger partial charge on any atom is -0.377 e. The molecule has 0 fully saturated rings. The van der Waals surface area contributed by atoms with E-state index in [0.717, 1.165) is 38.1 Å². The molecule has 0 saturated heterocycles. The lowest BCUT2D eigenvalue weighted by molar-refractivity contribution is 0.153. The van der Waals surface area contributed by atoms with Crippen molar-refractivity contribution in [3.8, 4) is 0 Å². The molecule has 0 aliphatic rings. The molecule has 0 aromatic carbocycles. The van der Waals surface area contributed by atoms with Gasteiger partial charge in [0.15, 0.2) is 0 Å². The van der Waals surface area contributed by atoms with Gasteiger partial charge in [0, 0.05) is 13.2 Å². The van der Waals surface area contributed by atoms with Crippen molar-refractivity contribution in [1.29, 1.82) is 0 Å². The first-order valence-corrected chi connectivity index (χ1v) is 4.87. The van der Waals surface area contributed by atoms with E-state index in [1.807, 2.05) is 6.08 Å². The molecular formula is C11H21NO. The van der Waals surface area contributed by atoms with Crippen molar-refractivity contribution in [2.75, 3.05) is 26.3 Å². The third-order valence-corrected chi connectivity index (χ3v) is 1.63. The molecule has 0 aromatic rings. The Morgan fingerprint density at radius 2 is 2.31 bits per heavy atom. The maximum atomic E-state index is 5.41. The Hall–Kier alpha value is -0.600. The Labute approximate surface area is 81.7 Å². The maximum absolute atomic E-state index is 5.41. The fourth-order valence-corrected chi connectivity index (χ4v) is 0.899. The first-order chi connectivity index (χ1) is 6.31.